The first kappa shape index (κ1) is 21.2. The number of halogens is 3. The van der Waals surface area contributed by atoms with Crippen molar-refractivity contribution in [3.8, 4) is 0 Å². The molecule has 0 saturated carbocycles. The van der Waals surface area contributed by atoms with Crippen LogP contribution in [-0.4, -0.2) is 35.4 Å². The standard InChI is InChI=1S/C17H17F3N2O3S2/c1-4-25-16(24)12-9(2)10(3)27-15(12)22-13(23)11-6-5-7-21-14(11)26-8-17(18,19)20/h5-7H,4,8H2,1-3H3,(H,22,23). The van der Waals surface area contributed by atoms with E-state index in [-0.39, 0.29) is 22.8 Å². The number of anilines is 1. The summed E-state index contributed by atoms with van der Waals surface area (Å²) >= 11 is 1.64. The lowest BCUT2D eigenvalue weighted by Gasteiger charge is -2.10. The van der Waals surface area contributed by atoms with Gasteiger partial charge in [0.15, 0.2) is 0 Å². The van der Waals surface area contributed by atoms with Crippen LogP contribution in [0.5, 0.6) is 0 Å². The number of esters is 1. The quantitative estimate of drug-likeness (QED) is 0.537. The summed E-state index contributed by atoms with van der Waals surface area (Å²) in [4.78, 5) is 29.5. The molecule has 2 rings (SSSR count). The molecule has 0 saturated heterocycles. The van der Waals surface area contributed by atoms with E-state index in [1.165, 1.54) is 29.7 Å². The molecule has 2 aromatic heterocycles. The topological polar surface area (TPSA) is 68.3 Å². The van der Waals surface area contributed by atoms with Crippen LogP contribution in [0.15, 0.2) is 23.4 Å². The van der Waals surface area contributed by atoms with Crippen LogP contribution in [0.3, 0.4) is 0 Å². The number of carbonyl (C=O) groups excluding carboxylic acids is 2. The number of thiophene rings is 1. The van der Waals surface area contributed by atoms with Gasteiger partial charge in [-0.05, 0) is 38.5 Å². The molecule has 0 aliphatic rings. The van der Waals surface area contributed by atoms with E-state index in [0.29, 0.717) is 22.3 Å². The average Bonchev–Trinajstić information content (AvgIpc) is 2.86. The lowest BCUT2D eigenvalue weighted by atomic mass is 10.1. The summed E-state index contributed by atoms with van der Waals surface area (Å²) in [6.07, 6.45) is -3.06. The van der Waals surface area contributed by atoms with Crippen LogP contribution in [0.1, 0.15) is 38.1 Å². The Hall–Kier alpha value is -2.07. The number of pyridine rings is 1. The first-order valence-electron chi connectivity index (χ1n) is 7.87. The predicted octanol–water partition coefficient (Wildman–Crippen LogP) is 4.84. The largest absolute Gasteiger partial charge is 0.462 e. The number of carbonyl (C=O) groups is 2. The van der Waals surface area contributed by atoms with Crippen LogP contribution < -0.4 is 5.32 Å². The average molecular weight is 418 g/mol. The highest BCUT2D eigenvalue weighted by Gasteiger charge is 2.29. The fraction of sp³-hybridized carbons (Fsp3) is 0.353. The Morgan fingerprint density at radius 1 is 1.33 bits per heavy atom. The molecule has 27 heavy (non-hydrogen) atoms. The highest BCUT2D eigenvalue weighted by atomic mass is 32.2. The number of hydrogen-bond acceptors (Lipinski definition) is 6. The molecule has 5 nitrogen and oxygen atoms in total. The Kier molecular flexibility index (Phi) is 6.88. The molecule has 0 aromatic carbocycles. The third-order valence-electron chi connectivity index (χ3n) is 3.48. The van der Waals surface area contributed by atoms with Crippen LogP contribution in [0, 0.1) is 13.8 Å². The molecule has 1 N–H and O–H groups in total. The summed E-state index contributed by atoms with van der Waals surface area (Å²) in [5, 5.41) is 2.87. The van der Waals surface area contributed by atoms with Gasteiger partial charge in [0, 0.05) is 11.1 Å². The van der Waals surface area contributed by atoms with Gasteiger partial charge >= 0.3 is 12.1 Å². The number of hydrogen-bond donors (Lipinski definition) is 1. The number of thioether (sulfide) groups is 1. The Labute approximate surface area is 162 Å². The molecule has 10 heteroatoms. The van der Waals surface area contributed by atoms with Gasteiger partial charge in [-0.15, -0.1) is 11.3 Å². The summed E-state index contributed by atoms with van der Waals surface area (Å²) in [6, 6.07) is 2.85. The molecule has 0 atom stereocenters. The van der Waals surface area contributed by atoms with Gasteiger partial charge in [0.05, 0.1) is 23.5 Å². The molecular weight excluding hydrogens is 401 g/mol. The molecule has 0 aliphatic carbocycles. The van der Waals surface area contributed by atoms with Gasteiger partial charge in [0.1, 0.15) is 10.0 Å². The van der Waals surface area contributed by atoms with Gasteiger partial charge < -0.3 is 10.1 Å². The Morgan fingerprint density at radius 2 is 2.04 bits per heavy atom. The van der Waals surface area contributed by atoms with E-state index in [1.54, 1.807) is 20.8 Å². The van der Waals surface area contributed by atoms with Gasteiger partial charge in [0.25, 0.3) is 5.91 Å². The van der Waals surface area contributed by atoms with Gasteiger partial charge in [0.2, 0.25) is 0 Å². The van der Waals surface area contributed by atoms with Crippen LogP contribution in [0.2, 0.25) is 0 Å². The van der Waals surface area contributed by atoms with E-state index in [9.17, 15) is 22.8 Å². The van der Waals surface area contributed by atoms with Crippen LogP contribution in [-0.2, 0) is 4.74 Å². The van der Waals surface area contributed by atoms with Crippen molar-refractivity contribution in [1.29, 1.82) is 0 Å². The number of aryl methyl sites for hydroxylation is 1. The van der Waals surface area contributed by atoms with Crippen LogP contribution >= 0.6 is 23.1 Å². The fourth-order valence-corrected chi connectivity index (χ4v) is 3.96. The van der Waals surface area contributed by atoms with Crippen molar-refractivity contribution in [2.24, 2.45) is 0 Å². The molecule has 0 radical (unpaired) electrons. The highest BCUT2D eigenvalue weighted by molar-refractivity contribution is 7.99. The first-order valence-corrected chi connectivity index (χ1v) is 9.67. The second-order valence-corrected chi connectivity index (χ2v) is 7.61. The smallest absolute Gasteiger partial charge is 0.398 e. The minimum Gasteiger partial charge on any atom is -0.462 e. The molecule has 0 aliphatic heterocycles. The van der Waals surface area contributed by atoms with Crippen molar-refractivity contribution >= 4 is 40.0 Å². The summed E-state index contributed by atoms with van der Waals surface area (Å²) in [5.74, 6) is -2.36. The third kappa shape index (κ3) is 5.46. The van der Waals surface area contributed by atoms with E-state index in [0.717, 1.165) is 4.88 Å². The maximum atomic E-state index is 12.6. The van der Waals surface area contributed by atoms with E-state index < -0.39 is 23.8 Å². The molecule has 0 unspecified atom stereocenters. The summed E-state index contributed by atoms with van der Waals surface area (Å²) < 4.78 is 42.5. The Bertz CT molecular complexity index is 850. The normalized spacial score (nSPS) is 11.3. The van der Waals surface area contributed by atoms with E-state index in [2.05, 4.69) is 10.3 Å². The van der Waals surface area contributed by atoms with Crippen molar-refractivity contribution in [2.45, 2.75) is 32.0 Å². The molecule has 2 heterocycles. The first-order chi connectivity index (χ1) is 12.6. The number of rotatable bonds is 6. The van der Waals surface area contributed by atoms with Crippen LogP contribution in [0.25, 0.3) is 0 Å². The number of aromatic nitrogens is 1. The molecule has 0 spiro atoms. The summed E-state index contributed by atoms with van der Waals surface area (Å²) in [6.45, 7) is 5.39. The SMILES string of the molecule is CCOC(=O)c1c(NC(=O)c2cccnc2SCC(F)(F)F)sc(C)c1C. The van der Waals surface area contributed by atoms with Gasteiger partial charge in [-0.3, -0.25) is 4.79 Å². The molecule has 146 valence electrons. The van der Waals surface area contributed by atoms with Crippen molar-refractivity contribution in [3.05, 3.63) is 39.9 Å². The molecule has 1 amide bonds. The molecule has 0 bridgehead atoms. The Morgan fingerprint density at radius 3 is 2.67 bits per heavy atom. The minimum absolute atomic E-state index is 0.00487. The second kappa shape index (κ2) is 8.75. The zero-order valence-electron chi connectivity index (χ0n) is 14.8. The lowest BCUT2D eigenvalue weighted by Crippen LogP contribution is -2.17. The lowest BCUT2D eigenvalue weighted by molar-refractivity contribution is -0.105. The van der Waals surface area contributed by atoms with Gasteiger partial charge in [-0.2, -0.15) is 13.2 Å². The number of alkyl halides is 3. The molecule has 0 fully saturated rings. The zero-order chi connectivity index (χ0) is 20.2. The highest BCUT2D eigenvalue weighted by Crippen LogP contribution is 2.34. The van der Waals surface area contributed by atoms with Crippen molar-refractivity contribution in [3.63, 3.8) is 0 Å². The monoisotopic (exact) mass is 418 g/mol. The Balaban J connectivity index is 2.29. The molecular formula is C17H17F3N2O3S2. The predicted molar refractivity (Wildman–Crippen MR) is 98.7 cm³/mol. The maximum absolute atomic E-state index is 12.6. The third-order valence-corrected chi connectivity index (χ3v) is 5.67. The second-order valence-electron chi connectivity index (χ2n) is 5.42. The van der Waals surface area contributed by atoms with Crippen molar-refractivity contribution in [1.82, 2.24) is 4.98 Å². The van der Waals surface area contributed by atoms with Crippen molar-refractivity contribution in [2.75, 3.05) is 17.7 Å². The van der Waals surface area contributed by atoms with Crippen molar-refractivity contribution < 1.29 is 27.5 Å². The number of ether oxygens (including phenoxy) is 1. The minimum atomic E-state index is -4.38. The summed E-state index contributed by atoms with van der Waals surface area (Å²) in [5.41, 5.74) is 0.943. The van der Waals surface area contributed by atoms with E-state index in [1.807, 2.05) is 0 Å². The maximum Gasteiger partial charge on any atom is 0.398 e. The van der Waals surface area contributed by atoms with E-state index in [4.69, 9.17) is 4.74 Å². The summed E-state index contributed by atoms with van der Waals surface area (Å²) in [7, 11) is 0. The molecule has 2 aromatic rings. The van der Waals surface area contributed by atoms with Gasteiger partial charge in [-0.25, -0.2) is 9.78 Å². The number of nitrogens with zero attached hydrogens (tertiary/aromatic N) is 1. The van der Waals surface area contributed by atoms with Gasteiger partial charge in [-0.1, -0.05) is 11.8 Å². The van der Waals surface area contributed by atoms with E-state index >= 15 is 0 Å². The number of amides is 1. The zero-order valence-corrected chi connectivity index (χ0v) is 16.4. The fourth-order valence-electron chi connectivity index (χ4n) is 2.16. The number of nitrogens with one attached hydrogen (secondary N) is 1. The van der Waals surface area contributed by atoms with Crippen LogP contribution in [0.4, 0.5) is 18.2 Å².